The molecule has 134 valence electrons. The fourth-order valence-electron chi connectivity index (χ4n) is 2.10. The Kier molecular flexibility index (Phi) is 7.71. The Morgan fingerprint density at radius 3 is 2.17 bits per heavy atom. The summed E-state index contributed by atoms with van der Waals surface area (Å²) in [4.78, 5) is 26.0. The number of nitrogens with zero attached hydrogens (tertiary/aromatic N) is 1. The summed E-state index contributed by atoms with van der Waals surface area (Å²) in [6.45, 7) is 13.0. The molecule has 2 amide bonds. The first-order valence-electron chi connectivity index (χ1n) is 8.35. The average Bonchev–Trinajstić information content (AvgIpc) is 2.50. The van der Waals surface area contributed by atoms with E-state index in [9.17, 15) is 9.59 Å². The summed E-state index contributed by atoms with van der Waals surface area (Å²) < 4.78 is 5.18. The summed E-state index contributed by atoms with van der Waals surface area (Å²) in [5.41, 5.74) is 0.600. The van der Waals surface area contributed by atoms with Crippen molar-refractivity contribution in [3.63, 3.8) is 0 Å². The number of nitrogens with one attached hydrogen (secondary N) is 2. The molecular formula is C18H29N3O3. The third-order valence-corrected chi connectivity index (χ3v) is 3.40. The molecule has 0 aliphatic carbocycles. The maximum Gasteiger partial charge on any atom is 0.412 e. The molecule has 2 N–H and O–H groups in total. The molecule has 6 nitrogen and oxygen atoms in total. The van der Waals surface area contributed by atoms with Crippen LogP contribution in [0.15, 0.2) is 24.3 Å². The lowest BCUT2D eigenvalue weighted by molar-refractivity contribution is 0.0635. The molecule has 1 rings (SSSR count). The molecule has 0 aromatic heterocycles. The lowest BCUT2D eigenvalue weighted by Crippen LogP contribution is -2.34. The van der Waals surface area contributed by atoms with Gasteiger partial charge in [0.2, 0.25) is 0 Å². The highest BCUT2D eigenvalue weighted by molar-refractivity contribution is 5.95. The molecule has 0 heterocycles. The quantitative estimate of drug-likeness (QED) is 0.804. The minimum atomic E-state index is -0.547. The van der Waals surface area contributed by atoms with Crippen LogP contribution in [0.3, 0.4) is 0 Å². The number of ether oxygens (including phenoxy) is 1. The summed E-state index contributed by atoms with van der Waals surface area (Å²) in [5.74, 6) is -0.119. The van der Waals surface area contributed by atoms with Crippen molar-refractivity contribution in [3.8, 4) is 0 Å². The predicted molar refractivity (Wildman–Crippen MR) is 96.4 cm³/mol. The van der Waals surface area contributed by atoms with Crippen molar-refractivity contribution >= 4 is 17.7 Å². The van der Waals surface area contributed by atoms with E-state index < -0.39 is 11.7 Å². The smallest absolute Gasteiger partial charge is 0.412 e. The molecule has 0 saturated heterocycles. The highest BCUT2D eigenvalue weighted by Crippen LogP contribution is 2.13. The van der Waals surface area contributed by atoms with Crippen LogP contribution in [0, 0.1) is 0 Å². The third kappa shape index (κ3) is 7.46. The fourth-order valence-corrected chi connectivity index (χ4v) is 2.10. The number of hydrogen-bond donors (Lipinski definition) is 2. The van der Waals surface area contributed by atoms with Crippen molar-refractivity contribution < 1.29 is 14.3 Å². The summed E-state index contributed by atoms with van der Waals surface area (Å²) in [6, 6.07) is 6.73. The second-order valence-corrected chi connectivity index (χ2v) is 6.49. The molecule has 0 atom stereocenters. The first-order chi connectivity index (χ1) is 11.2. The number of amides is 2. The van der Waals surface area contributed by atoms with Gasteiger partial charge in [-0.25, -0.2) is 4.79 Å². The number of benzene rings is 1. The van der Waals surface area contributed by atoms with Crippen molar-refractivity contribution in [3.05, 3.63) is 29.8 Å². The number of hydrogen-bond acceptors (Lipinski definition) is 4. The largest absolute Gasteiger partial charge is 0.444 e. The van der Waals surface area contributed by atoms with E-state index in [0.29, 0.717) is 17.8 Å². The molecule has 0 spiro atoms. The van der Waals surface area contributed by atoms with Crippen LogP contribution in [0.5, 0.6) is 0 Å². The molecule has 0 bridgehead atoms. The number of rotatable bonds is 7. The van der Waals surface area contributed by atoms with Gasteiger partial charge in [-0.3, -0.25) is 10.1 Å². The number of anilines is 1. The Bertz CT molecular complexity index is 531. The second-order valence-electron chi connectivity index (χ2n) is 6.49. The van der Waals surface area contributed by atoms with E-state index in [-0.39, 0.29) is 5.91 Å². The summed E-state index contributed by atoms with van der Waals surface area (Å²) >= 11 is 0. The van der Waals surface area contributed by atoms with Crippen LogP contribution in [0.2, 0.25) is 0 Å². The minimum Gasteiger partial charge on any atom is -0.444 e. The van der Waals surface area contributed by atoms with E-state index in [1.807, 2.05) is 0 Å². The zero-order valence-electron chi connectivity index (χ0n) is 15.3. The van der Waals surface area contributed by atoms with Crippen LogP contribution in [-0.2, 0) is 4.74 Å². The van der Waals surface area contributed by atoms with E-state index in [1.165, 1.54) is 0 Å². The average molecular weight is 334 g/mol. The summed E-state index contributed by atoms with van der Waals surface area (Å²) in [5, 5.41) is 5.54. The summed E-state index contributed by atoms with van der Waals surface area (Å²) in [6.07, 6.45) is -0.515. The molecule has 1 aromatic carbocycles. The van der Waals surface area contributed by atoms with Gasteiger partial charge in [0.1, 0.15) is 5.60 Å². The normalized spacial score (nSPS) is 11.2. The third-order valence-electron chi connectivity index (χ3n) is 3.40. The van der Waals surface area contributed by atoms with Crippen LogP contribution in [0.4, 0.5) is 10.5 Å². The monoisotopic (exact) mass is 334 g/mol. The molecule has 6 heteroatoms. The molecule has 24 heavy (non-hydrogen) atoms. The minimum absolute atomic E-state index is 0.119. The zero-order valence-corrected chi connectivity index (χ0v) is 15.3. The molecular weight excluding hydrogens is 305 g/mol. The Hall–Kier alpha value is -2.08. The highest BCUT2D eigenvalue weighted by atomic mass is 16.6. The van der Waals surface area contributed by atoms with E-state index >= 15 is 0 Å². The van der Waals surface area contributed by atoms with Gasteiger partial charge in [0.25, 0.3) is 5.91 Å². The van der Waals surface area contributed by atoms with Gasteiger partial charge in [0.05, 0.1) is 0 Å². The highest BCUT2D eigenvalue weighted by Gasteiger charge is 2.16. The van der Waals surface area contributed by atoms with Crippen molar-refractivity contribution in [2.24, 2.45) is 0 Å². The van der Waals surface area contributed by atoms with E-state index in [0.717, 1.165) is 19.6 Å². The molecule has 0 aliphatic heterocycles. The SMILES string of the molecule is CCN(CC)CCN[11C](=O)c1ccc(NC(=O)OC(C)(C)C)cc1. The first-order valence-corrected chi connectivity index (χ1v) is 8.35. The van der Waals surface area contributed by atoms with Gasteiger partial charge in [-0.2, -0.15) is 0 Å². The van der Waals surface area contributed by atoms with Crippen LogP contribution in [0.1, 0.15) is 45.0 Å². The topological polar surface area (TPSA) is 70.7 Å². The van der Waals surface area contributed by atoms with E-state index in [1.54, 1.807) is 45.0 Å². The molecule has 0 fully saturated rings. The number of likely N-dealkylation sites (N-methyl/N-ethyl adjacent to an activating group) is 1. The lowest BCUT2D eigenvalue weighted by Gasteiger charge is -2.19. The van der Waals surface area contributed by atoms with Gasteiger partial charge in [0.15, 0.2) is 0 Å². The van der Waals surface area contributed by atoms with Crippen molar-refractivity contribution in [1.82, 2.24) is 10.2 Å². The predicted octanol–water partition coefficient (Wildman–Crippen LogP) is 3.11. The standard InChI is InChI=1S/C18H29N3O3/c1-6-21(7-2)13-12-19-16(22)14-8-10-15(11-9-14)20-17(23)24-18(3,4)5/h8-11H,6-7,12-13H2,1-5H3,(H,19,22)(H,20,23)/i16-1. The maximum absolute atomic E-state index is 12.1. The van der Waals surface area contributed by atoms with Gasteiger partial charge in [-0.05, 0) is 58.1 Å². The molecule has 1 aromatic rings. The van der Waals surface area contributed by atoms with Crippen molar-refractivity contribution in [2.75, 3.05) is 31.5 Å². The molecule has 0 aliphatic rings. The van der Waals surface area contributed by atoms with E-state index in [4.69, 9.17) is 4.74 Å². The Morgan fingerprint density at radius 1 is 1.08 bits per heavy atom. The van der Waals surface area contributed by atoms with Gasteiger partial charge in [-0.1, -0.05) is 13.8 Å². The van der Waals surface area contributed by atoms with Gasteiger partial charge < -0.3 is 15.0 Å². The first kappa shape index (κ1) is 20.0. The molecule has 0 saturated carbocycles. The van der Waals surface area contributed by atoms with Gasteiger partial charge in [0, 0.05) is 24.3 Å². The fraction of sp³-hybridized carbons (Fsp3) is 0.556. The lowest BCUT2D eigenvalue weighted by atomic mass is 9.89. The Balaban J connectivity index is 2.49. The van der Waals surface area contributed by atoms with Crippen LogP contribution >= 0.6 is 0 Å². The number of carbonyl (C=O) groups is 2. The maximum atomic E-state index is 12.1. The van der Waals surface area contributed by atoms with Crippen LogP contribution in [0.25, 0.3) is 0 Å². The summed E-state index contributed by atoms with van der Waals surface area (Å²) in [7, 11) is 0. The van der Waals surface area contributed by atoms with Gasteiger partial charge >= 0.3 is 6.09 Å². The Labute approximate surface area is 144 Å². The van der Waals surface area contributed by atoms with Gasteiger partial charge in [-0.15, -0.1) is 0 Å². The van der Waals surface area contributed by atoms with Crippen molar-refractivity contribution in [1.29, 1.82) is 0 Å². The molecule has 0 unspecified atom stereocenters. The van der Waals surface area contributed by atoms with Crippen molar-refractivity contribution in [2.45, 2.75) is 40.2 Å². The second kappa shape index (κ2) is 9.27. The number of carbonyl (C=O) groups excluding carboxylic acids is 2. The Morgan fingerprint density at radius 2 is 1.67 bits per heavy atom. The van der Waals surface area contributed by atoms with E-state index in [2.05, 4.69) is 29.4 Å². The van der Waals surface area contributed by atoms with Crippen LogP contribution < -0.4 is 10.6 Å². The molecule has 0 radical (unpaired) electrons. The zero-order chi connectivity index (χ0) is 18.2. The van der Waals surface area contributed by atoms with Crippen LogP contribution in [-0.4, -0.2) is 48.7 Å².